The number of ether oxygens (including phenoxy) is 1. The van der Waals surface area contributed by atoms with Crippen molar-refractivity contribution in [3.05, 3.63) is 0 Å². The van der Waals surface area contributed by atoms with Gasteiger partial charge in [0.05, 0.1) is 6.61 Å². The molecular formula is C10H22O4. The predicted molar refractivity (Wildman–Crippen MR) is 53.4 cm³/mol. The van der Waals surface area contributed by atoms with E-state index in [2.05, 4.69) is 21.6 Å². The highest BCUT2D eigenvalue weighted by Gasteiger charge is 1.92. The zero-order valence-electron chi connectivity index (χ0n) is 9.29. The van der Waals surface area contributed by atoms with Gasteiger partial charge in [-0.25, -0.2) is 4.89 Å². The van der Waals surface area contributed by atoms with Crippen LogP contribution in [0.3, 0.4) is 0 Å². The second kappa shape index (κ2) is 12.8. The summed E-state index contributed by atoms with van der Waals surface area (Å²) in [6.45, 7) is 2.89. The van der Waals surface area contributed by atoms with Crippen molar-refractivity contribution in [2.45, 2.75) is 45.4 Å². The molecule has 0 fully saturated rings. The van der Waals surface area contributed by atoms with Crippen LogP contribution >= 0.6 is 0 Å². The summed E-state index contributed by atoms with van der Waals surface area (Å²) >= 11 is 0. The summed E-state index contributed by atoms with van der Waals surface area (Å²) in [6, 6.07) is 0. The van der Waals surface area contributed by atoms with Crippen LogP contribution in [0.1, 0.15) is 45.4 Å². The van der Waals surface area contributed by atoms with Gasteiger partial charge < -0.3 is 4.74 Å². The van der Waals surface area contributed by atoms with Crippen molar-refractivity contribution < 1.29 is 19.6 Å². The molecule has 0 saturated heterocycles. The summed E-state index contributed by atoms with van der Waals surface area (Å²) in [5, 5.41) is 4.38. The lowest BCUT2D eigenvalue weighted by molar-refractivity contribution is -0.526. The molecule has 0 aliphatic carbocycles. The first-order valence-electron chi connectivity index (χ1n) is 5.31. The normalized spacial score (nSPS) is 10.7. The zero-order chi connectivity index (χ0) is 10.5. The third kappa shape index (κ3) is 11.8. The predicted octanol–water partition coefficient (Wildman–Crippen LogP) is 2.83. The lowest BCUT2D eigenvalue weighted by Crippen LogP contribution is -2.01. The van der Waals surface area contributed by atoms with E-state index in [9.17, 15) is 0 Å². The molecule has 0 radical (unpaired) electrons. The standard InChI is InChI=1S/C10H22O4/c1-3-4-5-6-7-8-9-12-14-13-10-11-2/h3-10H2,1-2H3. The van der Waals surface area contributed by atoms with Gasteiger partial charge in [0.15, 0.2) is 6.79 Å². The second-order valence-electron chi connectivity index (χ2n) is 3.18. The number of hydrogen-bond donors (Lipinski definition) is 0. The molecule has 0 aromatic heterocycles. The van der Waals surface area contributed by atoms with Crippen molar-refractivity contribution in [2.75, 3.05) is 20.5 Å². The molecule has 0 saturated carbocycles. The van der Waals surface area contributed by atoms with Crippen LogP contribution in [0.5, 0.6) is 0 Å². The molecule has 0 heterocycles. The Kier molecular flexibility index (Phi) is 12.7. The molecule has 0 aliphatic rings. The zero-order valence-corrected chi connectivity index (χ0v) is 9.29. The summed E-state index contributed by atoms with van der Waals surface area (Å²) in [6.07, 6.45) is 7.40. The summed E-state index contributed by atoms with van der Waals surface area (Å²) < 4.78 is 4.59. The SMILES string of the molecule is CCCCCCCCOOOCOC. The van der Waals surface area contributed by atoms with Crippen molar-refractivity contribution in [3.8, 4) is 0 Å². The van der Waals surface area contributed by atoms with Crippen LogP contribution in [0.2, 0.25) is 0 Å². The van der Waals surface area contributed by atoms with Crippen LogP contribution in [0, 0.1) is 0 Å². The molecule has 0 spiro atoms. The molecule has 4 nitrogen and oxygen atoms in total. The first kappa shape index (κ1) is 13.8. The Morgan fingerprint density at radius 2 is 1.57 bits per heavy atom. The summed E-state index contributed by atoms with van der Waals surface area (Å²) in [4.78, 5) is 9.22. The maximum absolute atomic E-state index is 4.74. The molecule has 0 aromatic carbocycles. The smallest absolute Gasteiger partial charge is 0.183 e. The van der Waals surface area contributed by atoms with E-state index in [4.69, 9.17) is 4.89 Å². The van der Waals surface area contributed by atoms with Gasteiger partial charge in [-0.1, -0.05) is 44.1 Å². The molecule has 0 amide bonds. The van der Waals surface area contributed by atoms with Gasteiger partial charge in [-0.15, -0.1) is 0 Å². The Bertz CT molecular complexity index is 86.1. The largest absolute Gasteiger partial charge is 0.355 e. The van der Waals surface area contributed by atoms with Crippen molar-refractivity contribution >= 4 is 0 Å². The van der Waals surface area contributed by atoms with E-state index in [1.165, 1.54) is 39.2 Å². The van der Waals surface area contributed by atoms with Crippen LogP contribution in [0.25, 0.3) is 0 Å². The van der Waals surface area contributed by atoms with E-state index in [0.29, 0.717) is 6.61 Å². The average Bonchev–Trinajstić information content (AvgIpc) is 2.21. The highest BCUT2D eigenvalue weighted by molar-refractivity contribution is 4.41. The van der Waals surface area contributed by atoms with Gasteiger partial charge in [0.2, 0.25) is 0 Å². The third-order valence-corrected chi connectivity index (χ3v) is 1.84. The van der Waals surface area contributed by atoms with Crippen molar-refractivity contribution in [1.29, 1.82) is 0 Å². The maximum atomic E-state index is 4.74. The van der Waals surface area contributed by atoms with Gasteiger partial charge in [0.25, 0.3) is 0 Å². The summed E-state index contributed by atoms with van der Waals surface area (Å²) in [5.74, 6) is 0. The molecule has 0 atom stereocenters. The molecule has 0 unspecified atom stereocenters. The van der Waals surface area contributed by atoms with Crippen LogP contribution in [0.15, 0.2) is 0 Å². The molecule has 0 rings (SSSR count). The first-order chi connectivity index (χ1) is 6.91. The monoisotopic (exact) mass is 206 g/mol. The number of rotatable bonds is 11. The molecule has 0 aromatic rings. The van der Waals surface area contributed by atoms with Gasteiger partial charge in [-0.2, -0.15) is 4.89 Å². The summed E-state index contributed by atoms with van der Waals surface area (Å²) in [7, 11) is 1.52. The molecule has 0 aliphatic heterocycles. The van der Waals surface area contributed by atoms with Gasteiger partial charge in [-0.05, 0) is 6.42 Å². The van der Waals surface area contributed by atoms with Gasteiger partial charge in [0, 0.05) is 7.11 Å². The fourth-order valence-corrected chi connectivity index (χ4v) is 1.08. The minimum absolute atomic E-state index is 0.0938. The highest BCUT2D eigenvalue weighted by atomic mass is 17.5. The molecular weight excluding hydrogens is 184 g/mol. The van der Waals surface area contributed by atoms with Crippen LogP contribution in [0.4, 0.5) is 0 Å². The van der Waals surface area contributed by atoms with Crippen molar-refractivity contribution in [3.63, 3.8) is 0 Å². The fourth-order valence-electron chi connectivity index (χ4n) is 1.08. The number of unbranched alkanes of at least 4 members (excludes halogenated alkanes) is 5. The Morgan fingerprint density at radius 1 is 0.857 bits per heavy atom. The molecule has 4 heteroatoms. The van der Waals surface area contributed by atoms with E-state index in [-0.39, 0.29) is 6.79 Å². The maximum Gasteiger partial charge on any atom is 0.183 e. The van der Waals surface area contributed by atoms with Gasteiger partial charge in [0.1, 0.15) is 0 Å². The average molecular weight is 206 g/mol. The molecule has 14 heavy (non-hydrogen) atoms. The molecule has 0 N–H and O–H groups in total. The lowest BCUT2D eigenvalue weighted by atomic mass is 10.1. The van der Waals surface area contributed by atoms with E-state index in [0.717, 1.165) is 6.42 Å². The Hall–Kier alpha value is -0.160. The van der Waals surface area contributed by atoms with Crippen LogP contribution in [-0.2, 0) is 19.6 Å². The van der Waals surface area contributed by atoms with E-state index in [1.54, 1.807) is 0 Å². The van der Waals surface area contributed by atoms with E-state index >= 15 is 0 Å². The highest BCUT2D eigenvalue weighted by Crippen LogP contribution is 2.04. The number of methoxy groups -OCH3 is 1. The quantitative estimate of drug-likeness (QED) is 0.225. The minimum Gasteiger partial charge on any atom is -0.355 e. The van der Waals surface area contributed by atoms with Crippen LogP contribution < -0.4 is 0 Å². The van der Waals surface area contributed by atoms with Gasteiger partial charge >= 0.3 is 0 Å². The Balaban J connectivity index is 2.78. The topological polar surface area (TPSA) is 36.9 Å². The second-order valence-corrected chi connectivity index (χ2v) is 3.18. The first-order valence-corrected chi connectivity index (χ1v) is 5.31. The third-order valence-electron chi connectivity index (χ3n) is 1.84. The Labute approximate surface area is 86.3 Å². The van der Waals surface area contributed by atoms with Crippen LogP contribution in [-0.4, -0.2) is 20.5 Å². The number of hydrogen-bond acceptors (Lipinski definition) is 4. The Morgan fingerprint density at radius 3 is 2.29 bits per heavy atom. The van der Waals surface area contributed by atoms with E-state index < -0.39 is 0 Å². The van der Waals surface area contributed by atoms with E-state index in [1.807, 2.05) is 0 Å². The molecule has 0 bridgehead atoms. The lowest BCUT2D eigenvalue weighted by Gasteiger charge is -2.02. The summed E-state index contributed by atoms with van der Waals surface area (Å²) in [5.41, 5.74) is 0. The molecule has 86 valence electrons. The van der Waals surface area contributed by atoms with Gasteiger partial charge in [-0.3, -0.25) is 0 Å². The van der Waals surface area contributed by atoms with Crippen molar-refractivity contribution in [2.24, 2.45) is 0 Å². The fraction of sp³-hybridized carbons (Fsp3) is 1.00. The van der Waals surface area contributed by atoms with Crippen molar-refractivity contribution in [1.82, 2.24) is 0 Å². The minimum atomic E-state index is 0.0938.